The van der Waals surface area contributed by atoms with Crippen molar-refractivity contribution in [3.05, 3.63) is 29.3 Å². The SMILES string of the molecule is COC1(C(=O)NCc2ccc(C)cc2OC2CCOC2)CCNCC1.Cl. The minimum absolute atomic E-state index is 0. The summed E-state index contributed by atoms with van der Waals surface area (Å²) in [5.41, 5.74) is 1.39. The fraction of sp³-hybridized carbons (Fsp3) is 0.632. The lowest BCUT2D eigenvalue weighted by Gasteiger charge is -2.34. The Morgan fingerprint density at radius 1 is 1.38 bits per heavy atom. The standard InChI is InChI=1S/C19H28N2O4.ClH/c1-14-3-4-15(17(11-14)25-16-5-10-24-13-16)12-21-18(22)19(23-2)6-8-20-9-7-19;/h3-4,11,16,20H,5-10,12-13H2,1-2H3,(H,21,22);1H. The number of benzene rings is 1. The number of hydrogen-bond acceptors (Lipinski definition) is 5. The van der Waals surface area contributed by atoms with Gasteiger partial charge in [-0.05, 0) is 44.5 Å². The van der Waals surface area contributed by atoms with Crippen molar-refractivity contribution in [3.8, 4) is 5.75 Å². The molecule has 2 saturated heterocycles. The van der Waals surface area contributed by atoms with Gasteiger partial charge in [0.05, 0.1) is 13.2 Å². The highest BCUT2D eigenvalue weighted by Gasteiger charge is 2.39. The molecule has 6 nitrogen and oxygen atoms in total. The summed E-state index contributed by atoms with van der Waals surface area (Å²) in [7, 11) is 1.62. The molecule has 0 saturated carbocycles. The van der Waals surface area contributed by atoms with E-state index in [2.05, 4.69) is 10.6 Å². The molecule has 2 N–H and O–H groups in total. The first kappa shape index (κ1) is 21.0. The number of rotatable bonds is 6. The highest BCUT2D eigenvalue weighted by atomic mass is 35.5. The summed E-state index contributed by atoms with van der Waals surface area (Å²) >= 11 is 0. The van der Waals surface area contributed by atoms with Crippen LogP contribution in [-0.4, -0.2) is 51.0 Å². The van der Waals surface area contributed by atoms with Crippen molar-refractivity contribution in [1.29, 1.82) is 0 Å². The van der Waals surface area contributed by atoms with Gasteiger partial charge in [-0.2, -0.15) is 0 Å². The molecule has 0 bridgehead atoms. The topological polar surface area (TPSA) is 68.8 Å². The Labute approximate surface area is 161 Å². The van der Waals surface area contributed by atoms with E-state index in [-0.39, 0.29) is 24.4 Å². The van der Waals surface area contributed by atoms with E-state index in [0.717, 1.165) is 43.0 Å². The molecule has 3 rings (SSSR count). The van der Waals surface area contributed by atoms with Gasteiger partial charge >= 0.3 is 0 Å². The number of halogens is 1. The smallest absolute Gasteiger partial charge is 0.252 e. The molecule has 146 valence electrons. The number of carbonyl (C=O) groups excluding carboxylic acids is 1. The van der Waals surface area contributed by atoms with Crippen LogP contribution >= 0.6 is 12.4 Å². The Kier molecular flexibility index (Phi) is 7.70. The molecule has 1 amide bonds. The van der Waals surface area contributed by atoms with Crippen LogP contribution in [0.5, 0.6) is 5.75 Å². The van der Waals surface area contributed by atoms with E-state index in [1.165, 1.54) is 0 Å². The molecule has 1 unspecified atom stereocenters. The molecular weight excluding hydrogens is 356 g/mol. The molecule has 7 heteroatoms. The zero-order chi connectivity index (χ0) is 17.7. The fourth-order valence-corrected chi connectivity index (χ4v) is 3.39. The summed E-state index contributed by atoms with van der Waals surface area (Å²) < 4.78 is 17.1. The van der Waals surface area contributed by atoms with Crippen molar-refractivity contribution < 1.29 is 19.0 Å². The van der Waals surface area contributed by atoms with Crippen LogP contribution in [-0.2, 0) is 20.8 Å². The predicted octanol–water partition coefficient (Wildman–Crippen LogP) is 1.97. The van der Waals surface area contributed by atoms with Crippen molar-refractivity contribution in [1.82, 2.24) is 10.6 Å². The predicted molar refractivity (Wildman–Crippen MR) is 102 cm³/mol. The maximum absolute atomic E-state index is 12.7. The van der Waals surface area contributed by atoms with Crippen molar-refractivity contribution in [2.75, 3.05) is 33.4 Å². The number of carbonyl (C=O) groups is 1. The molecule has 1 atom stereocenters. The first-order chi connectivity index (χ1) is 12.1. The normalized spacial score (nSPS) is 21.7. The molecule has 0 aromatic heterocycles. The molecule has 26 heavy (non-hydrogen) atoms. The molecule has 0 aliphatic carbocycles. The Morgan fingerprint density at radius 3 is 2.81 bits per heavy atom. The summed E-state index contributed by atoms with van der Waals surface area (Å²) in [4.78, 5) is 12.7. The number of methoxy groups -OCH3 is 1. The van der Waals surface area contributed by atoms with E-state index >= 15 is 0 Å². The van der Waals surface area contributed by atoms with Crippen molar-refractivity contribution in [3.63, 3.8) is 0 Å². The Bertz CT molecular complexity index is 599. The van der Waals surface area contributed by atoms with Gasteiger partial charge in [-0.1, -0.05) is 12.1 Å². The van der Waals surface area contributed by atoms with Crippen LogP contribution < -0.4 is 15.4 Å². The van der Waals surface area contributed by atoms with Gasteiger partial charge in [0.2, 0.25) is 0 Å². The fourth-order valence-electron chi connectivity index (χ4n) is 3.39. The Morgan fingerprint density at radius 2 is 2.15 bits per heavy atom. The monoisotopic (exact) mass is 384 g/mol. The third-order valence-corrected chi connectivity index (χ3v) is 5.06. The number of aryl methyl sites for hydroxylation is 1. The van der Waals surface area contributed by atoms with Crippen LogP contribution in [0.2, 0.25) is 0 Å². The van der Waals surface area contributed by atoms with Gasteiger partial charge in [0.1, 0.15) is 17.5 Å². The maximum atomic E-state index is 12.7. The van der Waals surface area contributed by atoms with E-state index < -0.39 is 5.60 Å². The zero-order valence-electron chi connectivity index (χ0n) is 15.5. The summed E-state index contributed by atoms with van der Waals surface area (Å²) in [6.07, 6.45) is 2.36. The molecule has 0 spiro atoms. The molecule has 1 aromatic carbocycles. The van der Waals surface area contributed by atoms with Crippen LogP contribution in [0.4, 0.5) is 0 Å². The second-order valence-corrected chi connectivity index (χ2v) is 6.85. The van der Waals surface area contributed by atoms with Crippen LogP contribution in [0.15, 0.2) is 18.2 Å². The van der Waals surface area contributed by atoms with Gasteiger partial charge in [-0.15, -0.1) is 12.4 Å². The third kappa shape index (κ3) is 4.88. The molecule has 1 aromatic rings. The van der Waals surface area contributed by atoms with Gasteiger partial charge in [-0.25, -0.2) is 0 Å². The first-order valence-corrected chi connectivity index (χ1v) is 9.01. The van der Waals surface area contributed by atoms with Crippen LogP contribution in [0, 0.1) is 6.92 Å². The minimum Gasteiger partial charge on any atom is -0.488 e. The molecule has 2 heterocycles. The number of nitrogens with one attached hydrogen (secondary N) is 2. The number of hydrogen-bond donors (Lipinski definition) is 2. The average molecular weight is 385 g/mol. The van der Waals surface area contributed by atoms with E-state index in [9.17, 15) is 4.79 Å². The van der Waals surface area contributed by atoms with Gasteiger partial charge in [-0.3, -0.25) is 4.79 Å². The lowest BCUT2D eigenvalue weighted by Crippen LogP contribution is -2.53. The number of amides is 1. The van der Waals surface area contributed by atoms with Crippen LogP contribution in [0.1, 0.15) is 30.4 Å². The van der Waals surface area contributed by atoms with E-state index in [1.807, 2.05) is 25.1 Å². The van der Waals surface area contributed by atoms with Crippen molar-refractivity contribution >= 4 is 18.3 Å². The third-order valence-electron chi connectivity index (χ3n) is 5.06. The molecule has 2 aliphatic rings. The molecule has 2 fully saturated rings. The summed E-state index contributed by atoms with van der Waals surface area (Å²) in [5.74, 6) is 0.778. The number of piperidine rings is 1. The quantitative estimate of drug-likeness (QED) is 0.784. The second kappa shape index (κ2) is 9.55. The zero-order valence-corrected chi connectivity index (χ0v) is 16.3. The number of ether oxygens (including phenoxy) is 3. The summed E-state index contributed by atoms with van der Waals surface area (Å²) in [5, 5.41) is 6.31. The highest BCUT2D eigenvalue weighted by Crippen LogP contribution is 2.26. The summed E-state index contributed by atoms with van der Waals surface area (Å²) in [6.45, 7) is 5.42. The van der Waals surface area contributed by atoms with E-state index in [0.29, 0.717) is 26.0 Å². The average Bonchev–Trinajstić information content (AvgIpc) is 3.14. The van der Waals surface area contributed by atoms with E-state index in [1.54, 1.807) is 7.11 Å². The lowest BCUT2D eigenvalue weighted by atomic mass is 9.91. The van der Waals surface area contributed by atoms with Crippen molar-refractivity contribution in [2.45, 2.75) is 44.4 Å². The van der Waals surface area contributed by atoms with E-state index in [4.69, 9.17) is 14.2 Å². The lowest BCUT2D eigenvalue weighted by molar-refractivity contribution is -0.146. The summed E-state index contributed by atoms with van der Waals surface area (Å²) in [6, 6.07) is 6.08. The van der Waals surface area contributed by atoms with Crippen LogP contribution in [0.3, 0.4) is 0 Å². The van der Waals surface area contributed by atoms with Gasteiger partial charge < -0.3 is 24.8 Å². The Balaban J connectivity index is 0.00000243. The molecule has 0 radical (unpaired) electrons. The Hall–Kier alpha value is -1.34. The minimum atomic E-state index is -0.726. The largest absolute Gasteiger partial charge is 0.488 e. The van der Waals surface area contributed by atoms with Crippen molar-refractivity contribution in [2.24, 2.45) is 0 Å². The molecular formula is C19H29ClN2O4. The molecule has 2 aliphatic heterocycles. The van der Waals surface area contributed by atoms with Crippen LogP contribution in [0.25, 0.3) is 0 Å². The first-order valence-electron chi connectivity index (χ1n) is 9.01. The highest BCUT2D eigenvalue weighted by molar-refractivity contribution is 5.85. The van der Waals surface area contributed by atoms with Gasteiger partial charge in [0.15, 0.2) is 0 Å². The maximum Gasteiger partial charge on any atom is 0.252 e. The van der Waals surface area contributed by atoms with Gasteiger partial charge in [0, 0.05) is 25.6 Å². The second-order valence-electron chi connectivity index (χ2n) is 6.85. The van der Waals surface area contributed by atoms with Gasteiger partial charge in [0.25, 0.3) is 5.91 Å².